The van der Waals surface area contributed by atoms with Crippen LogP contribution >= 0.6 is 0 Å². The quantitative estimate of drug-likeness (QED) is 0.214. The van der Waals surface area contributed by atoms with Crippen molar-refractivity contribution in [3.8, 4) is 0 Å². The fourth-order valence-corrected chi connectivity index (χ4v) is 4.16. The number of carbonyl (C=O) groups excluding carboxylic acids is 2. The van der Waals surface area contributed by atoms with E-state index in [2.05, 4.69) is 4.90 Å². The summed E-state index contributed by atoms with van der Waals surface area (Å²) in [5.74, 6) is -1.67. The molecule has 0 bridgehead atoms. The Hall–Kier alpha value is -3.52. The van der Waals surface area contributed by atoms with E-state index in [0.29, 0.717) is 17.7 Å². The number of hydrogen-bond donors (Lipinski definition) is 1. The van der Waals surface area contributed by atoms with Crippen LogP contribution in [0.3, 0.4) is 0 Å². The molecule has 174 valence electrons. The van der Waals surface area contributed by atoms with Gasteiger partial charge in [0.15, 0.2) is 0 Å². The van der Waals surface area contributed by atoms with Crippen LogP contribution in [-0.4, -0.2) is 57.7 Å². The van der Waals surface area contributed by atoms with Gasteiger partial charge in [-0.3, -0.25) is 19.7 Å². The standard InChI is InChI=1S/C25H29N3O5/c1-5-26(6-2)13-14-27-22(18-9-11-19(12-10-18)28(32)33)21(24(30)25(27)31)23(29)20-15-16(3)7-8-17(20)4/h7-12,15,22,29H,5-6,13-14H2,1-4H3. The number of non-ortho nitro benzene ring substituents is 1. The molecule has 1 heterocycles. The Morgan fingerprint density at radius 1 is 1.09 bits per heavy atom. The molecule has 1 unspecified atom stereocenters. The van der Waals surface area contributed by atoms with E-state index in [0.717, 1.165) is 24.2 Å². The summed E-state index contributed by atoms with van der Waals surface area (Å²) in [6.07, 6.45) is 0. The van der Waals surface area contributed by atoms with Gasteiger partial charge in [0.05, 0.1) is 16.5 Å². The van der Waals surface area contributed by atoms with E-state index >= 15 is 0 Å². The van der Waals surface area contributed by atoms with Crippen LogP contribution in [0.15, 0.2) is 48.0 Å². The Bertz CT molecular complexity index is 1100. The second kappa shape index (κ2) is 9.95. The SMILES string of the molecule is CCN(CC)CCN1C(=O)C(=O)C(=C(O)c2cc(C)ccc2C)C1c1ccc([N+](=O)[O-])cc1. The maximum Gasteiger partial charge on any atom is 0.295 e. The van der Waals surface area contributed by atoms with E-state index in [4.69, 9.17) is 0 Å². The first kappa shape index (κ1) is 24.1. The number of nitro groups is 1. The topological polar surface area (TPSA) is 104 Å². The lowest BCUT2D eigenvalue weighted by atomic mass is 9.93. The molecule has 8 nitrogen and oxygen atoms in total. The number of rotatable bonds is 8. The first-order chi connectivity index (χ1) is 15.7. The number of nitro benzene ring substituents is 1. The molecule has 1 atom stereocenters. The molecule has 2 aromatic carbocycles. The molecule has 1 fully saturated rings. The van der Waals surface area contributed by atoms with Gasteiger partial charge >= 0.3 is 0 Å². The molecule has 1 aliphatic rings. The fourth-order valence-electron chi connectivity index (χ4n) is 4.16. The highest BCUT2D eigenvalue weighted by Crippen LogP contribution is 2.40. The second-order valence-corrected chi connectivity index (χ2v) is 8.19. The summed E-state index contributed by atoms with van der Waals surface area (Å²) in [7, 11) is 0. The van der Waals surface area contributed by atoms with Crippen LogP contribution in [0.5, 0.6) is 0 Å². The highest BCUT2D eigenvalue weighted by molar-refractivity contribution is 6.46. The number of aliphatic hydroxyl groups is 1. The van der Waals surface area contributed by atoms with Gasteiger partial charge in [-0.05, 0) is 56.3 Å². The minimum absolute atomic E-state index is 0.00194. The van der Waals surface area contributed by atoms with E-state index in [9.17, 15) is 24.8 Å². The van der Waals surface area contributed by atoms with Gasteiger partial charge in [-0.25, -0.2) is 0 Å². The van der Waals surface area contributed by atoms with Crippen molar-refractivity contribution in [2.45, 2.75) is 33.7 Å². The van der Waals surface area contributed by atoms with Gasteiger partial charge < -0.3 is 14.9 Å². The number of benzene rings is 2. The molecule has 0 saturated carbocycles. The Labute approximate surface area is 193 Å². The molecule has 0 aromatic heterocycles. The molecular formula is C25H29N3O5. The highest BCUT2D eigenvalue weighted by atomic mass is 16.6. The number of nitrogens with zero attached hydrogens (tertiary/aromatic N) is 3. The first-order valence-electron chi connectivity index (χ1n) is 11.0. The molecule has 0 spiro atoms. The van der Waals surface area contributed by atoms with Crippen LogP contribution < -0.4 is 0 Å². The molecule has 3 rings (SSSR count). The third-order valence-corrected chi connectivity index (χ3v) is 6.16. The van der Waals surface area contributed by atoms with Gasteiger partial charge in [0.2, 0.25) is 0 Å². The lowest BCUT2D eigenvalue weighted by Crippen LogP contribution is -2.38. The van der Waals surface area contributed by atoms with Crippen LogP contribution in [0.25, 0.3) is 5.76 Å². The zero-order valence-electron chi connectivity index (χ0n) is 19.4. The number of aryl methyl sites for hydroxylation is 2. The summed E-state index contributed by atoms with van der Waals surface area (Å²) in [6.45, 7) is 10.2. The largest absolute Gasteiger partial charge is 0.507 e. The lowest BCUT2D eigenvalue weighted by molar-refractivity contribution is -0.384. The monoisotopic (exact) mass is 451 g/mol. The lowest BCUT2D eigenvalue weighted by Gasteiger charge is -2.28. The summed E-state index contributed by atoms with van der Waals surface area (Å²) in [5, 5.41) is 22.3. The number of ketones is 1. The molecule has 0 aliphatic carbocycles. The Balaban J connectivity index is 2.15. The van der Waals surface area contributed by atoms with Crippen molar-refractivity contribution >= 4 is 23.1 Å². The highest BCUT2D eigenvalue weighted by Gasteiger charge is 2.46. The molecule has 1 saturated heterocycles. The fraction of sp³-hybridized carbons (Fsp3) is 0.360. The van der Waals surface area contributed by atoms with Gasteiger partial charge in [0, 0.05) is 30.8 Å². The molecule has 1 N–H and O–H groups in total. The predicted octanol–water partition coefficient (Wildman–Crippen LogP) is 3.98. The van der Waals surface area contributed by atoms with Crippen molar-refractivity contribution in [2.75, 3.05) is 26.2 Å². The number of Topliss-reactive ketones (excluding diaryl/α,β-unsaturated/α-hetero) is 1. The molecule has 1 aliphatic heterocycles. The van der Waals surface area contributed by atoms with Crippen molar-refractivity contribution in [1.29, 1.82) is 0 Å². The van der Waals surface area contributed by atoms with Crippen LogP contribution in [0.2, 0.25) is 0 Å². The summed E-state index contributed by atoms with van der Waals surface area (Å²) < 4.78 is 0. The van der Waals surface area contributed by atoms with Crippen LogP contribution in [0, 0.1) is 24.0 Å². The van der Waals surface area contributed by atoms with E-state index in [1.54, 1.807) is 6.07 Å². The number of likely N-dealkylation sites (tertiary alicyclic amines) is 1. The average molecular weight is 452 g/mol. The van der Waals surface area contributed by atoms with Gasteiger partial charge in [0.25, 0.3) is 17.4 Å². The number of likely N-dealkylation sites (N-methyl/N-ethyl adjacent to an activating group) is 1. The van der Waals surface area contributed by atoms with Gasteiger partial charge in [-0.15, -0.1) is 0 Å². The molecule has 33 heavy (non-hydrogen) atoms. The predicted molar refractivity (Wildman–Crippen MR) is 126 cm³/mol. The van der Waals surface area contributed by atoms with Crippen LogP contribution in [0.1, 0.15) is 42.1 Å². The van der Waals surface area contributed by atoms with Crippen molar-refractivity contribution in [2.24, 2.45) is 0 Å². The summed E-state index contributed by atoms with van der Waals surface area (Å²) >= 11 is 0. The third-order valence-electron chi connectivity index (χ3n) is 6.16. The van der Waals surface area contributed by atoms with Crippen LogP contribution in [0.4, 0.5) is 5.69 Å². The Kier molecular flexibility index (Phi) is 7.28. The second-order valence-electron chi connectivity index (χ2n) is 8.19. The minimum atomic E-state index is -0.832. The number of aliphatic hydroxyl groups excluding tert-OH is 1. The minimum Gasteiger partial charge on any atom is -0.507 e. The van der Waals surface area contributed by atoms with Gasteiger partial charge in [-0.2, -0.15) is 0 Å². The van der Waals surface area contributed by atoms with Crippen LogP contribution in [-0.2, 0) is 9.59 Å². The Morgan fingerprint density at radius 2 is 1.73 bits per heavy atom. The normalized spacial score (nSPS) is 17.7. The molecule has 8 heteroatoms. The van der Waals surface area contributed by atoms with Gasteiger partial charge in [-0.1, -0.05) is 31.5 Å². The average Bonchev–Trinajstić information content (AvgIpc) is 3.05. The number of carbonyl (C=O) groups is 2. The maximum atomic E-state index is 13.1. The molecular weight excluding hydrogens is 422 g/mol. The van der Waals surface area contributed by atoms with Crippen molar-refractivity contribution in [3.63, 3.8) is 0 Å². The number of amides is 1. The zero-order valence-corrected chi connectivity index (χ0v) is 19.4. The summed E-state index contributed by atoms with van der Waals surface area (Å²) in [6, 6.07) is 10.5. The summed E-state index contributed by atoms with van der Waals surface area (Å²) in [5.41, 5.74) is 2.62. The number of hydrogen-bond acceptors (Lipinski definition) is 6. The zero-order chi connectivity index (χ0) is 24.3. The van der Waals surface area contributed by atoms with E-state index in [1.165, 1.54) is 29.2 Å². The van der Waals surface area contributed by atoms with Gasteiger partial charge in [0.1, 0.15) is 5.76 Å². The molecule has 1 amide bonds. The van der Waals surface area contributed by atoms with E-state index < -0.39 is 22.7 Å². The van der Waals surface area contributed by atoms with Crippen molar-refractivity contribution in [1.82, 2.24) is 9.80 Å². The van der Waals surface area contributed by atoms with Crippen molar-refractivity contribution in [3.05, 3.63) is 80.4 Å². The van der Waals surface area contributed by atoms with Crippen molar-refractivity contribution < 1.29 is 19.6 Å². The third kappa shape index (κ3) is 4.80. The first-order valence-corrected chi connectivity index (χ1v) is 11.0. The maximum absolute atomic E-state index is 13.1. The van der Waals surface area contributed by atoms with E-state index in [-0.39, 0.29) is 23.6 Å². The van der Waals surface area contributed by atoms with E-state index in [1.807, 2.05) is 39.8 Å². The molecule has 0 radical (unpaired) electrons. The smallest absolute Gasteiger partial charge is 0.295 e. The molecule has 2 aromatic rings. The Morgan fingerprint density at radius 3 is 2.30 bits per heavy atom. The summed E-state index contributed by atoms with van der Waals surface area (Å²) in [4.78, 5) is 40.4.